The number of ether oxygens (including phenoxy) is 3. The Morgan fingerprint density at radius 2 is 1.89 bits per heavy atom. The first-order valence-electron chi connectivity index (χ1n) is 10.5. The minimum atomic E-state index is -1.85. The van der Waals surface area contributed by atoms with Crippen molar-refractivity contribution in [1.29, 1.82) is 0 Å². The molecule has 1 saturated carbocycles. The van der Waals surface area contributed by atoms with Crippen LogP contribution in [0, 0.1) is 11.3 Å². The van der Waals surface area contributed by atoms with Gasteiger partial charge in [-0.3, -0.25) is 4.79 Å². The lowest BCUT2D eigenvalue weighted by atomic mass is 9.67. The van der Waals surface area contributed by atoms with Gasteiger partial charge in [-0.2, -0.15) is 0 Å². The van der Waals surface area contributed by atoms with Crippen LogP contribution in [0.5, 0.6) is 0 Å². The molecule has 3 fully saturated rings. The van der Waals surface area contributed by atoms with Crippen LogP contribution in [0.4, 0.5) is 0 Å². The Bertz CT molecular complexity index is 557. The molecule has 0 unspecified atom stereocenters. The third kappa shape index (κ3) is 4.28. The zero-order chi connectivity index (χ0) is 20.0. The van der Waals surface area contributed by atoms with E-state index < -0.39 is 8.32 Å². The van der Waals surface area contributed by atoms with E-state index in [2.05, 4.69) is 40.8 Å². The molecule has 2 saturated heterocycles. The van der Waals surface area contributed by atoms with Crippen LogP contribution in [0.1, 0.15) is 66.2 Å². The molecule has 0 aromatic carbocycles. The lowest BCUT2D eigenvalue weighted by Gasteiger charge is -2.50. The van der Waals surface area contributed by atoms with Gasteiger partial charge in [-0.1, -0.05) is 27.7 Å². The summed E-state index contributed by atoms with van der Waals surface area (Å²) < 4.78 is 24.5. The summed E-state index contributed by atoms with van der Waals surface area (Å²) in [4.78, 5) is 12.1. The van der Waals surface area contributed by atoms with E-state index in [-0.39, 0.29) is 46.9 Å². The van der Waals surface area contributed by atoms with Crippen molar-refractivity contribution in [3.63, 3.8) is 0 Å². The topological polar surface area (TPSA) is 54.0 Å². The number of carbonyl (C=O) groups is 1. The molecule has 0 aromatic rings. The first kappa shape index (κ1) is 21.3. The van der Waals surface area contributed by atoms with Crippen molar-refractivity contribution < 1.29 is 23.4 Å². The molecule has 0 bridgehead atoms. The molecule has 6 heteroatoms. The van der Waals surface area contributed by atoms with Gasteiger partial charge in [-0.15, -0.1) is 0 Å². The maximum Gasteiger partial charge on any atom is 0.306 e. The summed E-state index contributed by atoms with van der Waals surface area (Å²) in [6, 6.07) is 0. The minimum Gasteiger partial charge on any atom is -0.459 e. The van der Waals surface area contributed by atoms with Crippen LogP contribution in [0.15, 0.2) is 0 Å². The SMILES string of the molecule is CO[C@H]1CC[C@]2(C)C[C@H](O[Si](C)(C)C(C)(C)C)CC[C@H]3CC(=O)O[C@@H]3[C@@H]2O1. The van der Waals surface area contributed by atoms with E-state index >= 15 is 0 Å². The van der Waals surface area contributed by atoms with E-state index in [9.17, 15) is 4.79 Å². The lowest BCUT2D eigenvalue weighted by molar-refractivity contribution is -0.254. The van der Waals surface area contributed by atoms with Gasteiger partial charge in [0.25, 0.3) is 0 Å². The molecule has 27 heavy (non-hydrogen) atoms. The molecule has 2 heterocycles. The zero-order valence-corrected chi connectivity index (χ0v) is 19.2. The molecule has 6 atom stereocenters. The van der Waals surface area contributed by atoms with Gasteiger partial charge in [-0.25, -0.2) is 0 Å². The van der Waals surface area contributed by atoms with Crippen LogP contribution in [-0.2, 0) is 23.4 Å². The van der Waals surface area contributed by atoms with Crippen LogP contribution in [-0.4, -0.2) is 46.0 Å². The summed E-state index contributed by atoms with van der Waals surface area (Å²) in [5.41, 5.74) is -0.0595. The van der Waals surface area contributed by atoms with Crippen molar-refractivity contribution in [1.82, 2.24) is 0 Å². The van der Waals surface area contributed by atoms with E-state index in [1.165, 1.54) is 0 Å². The fourth-order valence-corrected chi connectivity index (χ4v) is 6.16. The maximum atomic E-state index is 12.1. The number of hydrogen-bond donors (Lipinski definition) is 0. The molecule has 0 spiro atoms. The van der Waals surface area contributed by atoms with Gasteiger partial charge >= 0.3 is 5.97 Å². The molecule has 0 aromatic heterocycles. The summed E-state index contributed by atoms with van der Waals surface area (Å²) in [6.07, 6.45) is 5.07. The molecular formula is C21H38O5Si. The largest absolute Gasteiger partial charge is 0.459 e. The van der Waals surface area contributed by atoms with E-state index in [0.717, 1.165) is 32.1 Å². The molecule has 0 amide bonds. The Kier molecular flexibility index (Phi) is 5.86. The number of methoxy groups -OCH3 is 1. The molecule has 3 rings (SSSR count). The van der Waals surface area contributed by atoms with Crippen molar-refractivity contribution in [3.05, 3.63) is 0 Å². The smallest absolute Gasteiger partial charge is 0.306 e. The Labute approximate surface area is 165 Å². The third-order valence-electron chi connectivity index (χ3n) is 7.48. The highest BCUT2D eigenvalue weighted by atomic mass is 28.4. The first-order valence-corrected chi connectivity index (χ1v) is 13.4. The molecule has 0 N–H and O–H groups in total. The monoisotopic (exact) mass is 398 g/mol. The Hall–Kier alpha value is -0.433. The lowest BCUT2D eigenvalue weighted by Crippen LogP contribution is -2.55. The van der Waals surface area contributed by atoms with Gasteiger partial charge in [0.1, 0.15) is 12.2 Å². The van der Waals surface area contributed by atoms with E-state index in [4.69, 9.17) is 18.6 Å². The van der Waals surface area contributed by atoms with Gasteiger partial charge in [0.15, 0.2) is 14.6 Å². The summed E-state index contributed by atoms with van der Waals surface area (Å²) >= 11 is 0. The zero-order valence-electron chi connectivity index (χ0n) is 18.2. The minimum absolute atomic E-state index is 0.0595. The second kappa shape index (κ2) is 7.43. The third-order valence-corrected chi connectivity index (χ3v) is 12.0. The maximum absolute atomic E-state index is 12.1. The van der Waals surface area contributed by atoms with Crippen LogP contribution in [0.2, 0.25) is 18.1 Å². The predicted octanol–water partition coefficient (Wildman–Crippen LogP) is 4.65. The molecule has 156 valence electrons. The van der Waals surface area contributed by atoms with Crippen LogP contribution in [0.3, 0.4) is 0 Å². The second-order valence-corrected chi connectivity index (χ2v) is 15.4. The average molecular weight is 399 g/mol. The Morgan fingerprint density at radius 3 is 2.52 bits per heavy atom. The standard InChI is InChI=1S/C21H38O5Si/c1-20(2,3)27(6,7)26-15-9-8-14-12-16(22)24-18(14)19-21(4,13-15)11-10-17(23-5)25-19/h14-15,17-19H,8-13H2,1-7H3/t14-,15+,17+,18-,19-,21+/m0/s1. The fourth-order valence-electron chi connectivity index (χ4n) is 4.77. The van der Waals surface area contributed by atoms with Crippen LogP contribution in [0.25, 0.3) is 0 Å². The fraction of sp³-hybridized carbons (Fsp3) is 0.952. The van der Waals surface area contributed by atoms with Crippen molar-refractivity contribution >= 4 is 14.3 Å². The molecule has 3 aliphatic rings. The predicted molar refractivity (Wildman–Crippen MR) is 107 cm³/mol. The van der Waals surface area contributed by atoms with Gasteiger partial charge in [0, 0.05) is 24.5 Å². The van der Waals surface area contributed by atoms with Crippen molar-refractivity contribution in [2.75, 3.05) is 7.11 Å². The molecule has 0 radical (unpaired) electrons. The summed E-state index contributed by atoms with van der Waals surface area (Å²) in [5, 5.41) is 0.189. The van der Waals surface area contributed by atoms with Crippen molar-refractivity contribution in [2.24, 2.45) is 11.3 Å². The first-order chi connectivity index (χ1) is 12.4. The van der Waals surface area contributed by atoms with Gasteiger partial charge in [0.05, 0.1) is 6.42 Å². The van der Waals surface area contributed by atoms with Crippen LogP contribution < -0.4 is 0 Å². The summed E-state index contributed by atoms with van der Waals surface area (Å²) in [5.74, 6) is 0.141. The van der Waals surface area contributed by atoms with Gasteiger partial charge in [-0.05, 0) is 50.2 Å². The Morgan fingerprint density at radius 1 is 1.19 bits per heavy atom. The molecular weight excluding hydrogens is 360 g/mol. The van der Waals surface area contributed by atoms with E-state index in [0.29, 0.717) is 6.42 Å². The average Bonchev–Trinajstić information content (AvgIpc) is 2.90. The summed E-state index contributed by atoms with van der Waals surface area (Å²) in [6.45, 7) is 13.8. The number of esters is 1. The Balaban J connectivity index is 1.85. The van der Waals surface area contributed by atoms with Crippen molar-refractivity contribution in [2.45, 2.75) is 109 Å². The highest BCUT2D eigenvalue weighted by Crippen LogP contribution is 2.50. The summed E-state index contributed by atoms with van der Waals surface area (Å²) in [7, 11) is -0.160. The normalized spacial score (nSPS) is 40.6. The van der Waals surface area contributed by atoms with Gasteiger partial charge < -0.3 is 18.6 Å². The van der Waals surface area contributed by atoms with E-state index in [1.54, 1.807) is 7.11 Å². The quantitative estimate of drug-likeness (QED) is 0.512. The van der Waals surface area contributed by atoms with Gasteiger partial charge in [0.2, 0.25) is 0 Å². The van der Waals surface area contributed by atoms with Crippen molar-refractivity contribution in [3.8, 4) is 0 Å². The highest BCUT2D eigenvalue weighted by molar-refractivity contribution is 6.74. The number of carbonyl (C=O) groups excluding carboxylic acids is 1. The number of hydrogen-bond acceptors (Lipinski definition) is 5. The van der Waals surface area contributed by atoms with E-state index in [1.807, 2.05) is 0 Å². The molecule has 2 aliphatic heterocycles. The van der Waals surface area contributed by atoms with Crippen LogP contribution >= 0.6 is 0 Å². The second-order valence-electron chi connectivity index (χ2n) is 10.6. The number of rotatable bonds is 3. The number of fused-ring (bicyclic) bond motifs is 3. The highest BCUT2D eigenvalue weighted by Gasteiger charge is 2.54. The molecule has 1 aliphatic carbocycles. The molecule has 5 nitrogen and oxygen atoms in total.